The molecule has 1 rings (SSSR count). The number of rotatable bonds is 6. The van der Waals surface area contributed by atoms with E-state index in [0.29, 0.717) is 18.3 Å². The molecule has 1 aromatic rings. The van der Waals surface area contributed by atoms with Gasteiger partial charge in [0.15, 0.2) is 5.69 Å². The second-order valence-corrected chi connectivity index (χ2v) is 4.33. The first-order chi connectivity index (χ1) is 9.02. The zero-order valence-corrected chi connectivity index (χ0v) is 11.3. The van der Waals surface area contributed by atoms with Crippen molar-refractivity contribution < 1.29 is 14.3 Å². The maximum atomic E-state index is 11.5. The predicted octanol–water partition coefficient (Wildman–Crippen LogP) is 0.447. The fraction of sp³-hybridized carbons (Fsp3) is 0.500. The van der Waals surface area contributed by atoms with Crippen molar-refractivity contribution in [1.29, 1.82) is 0 Å². The highest BCUT2D eigenvalue weighted by molar-refractivity contribution is 5.87. The summed E-state index contributed by atoms with van der Waals surface area (Å²) in [6.45, 7) is 4.72. The third-order valence-corrected chi connectivity index (χ3v) is 2.17. The number of ether oxygens (including phenoxy) is 1. The summed E-state index contributed by atoms with van der Waals surface area (Å²) >= 11 is 0. The Kier molecular flexibility index (Phi) is 5.72. The number of nitrogens with one attached hydrogen (secondary N) is 2. The van der Waals surface area contributed by atoms with E-state index in [1.807, 2.05) is 13.8 Å². The molecule has 0 unspecified atom stereocenters. The smallest absolute Gasteiger partial charge is 0.358 e. The number of hydrogen-bond donors (Lipinski definition) is 2. The summed E-state index contributed by atoms with van der Waals surface area (Å²) < 4.78 is 4.53. The monoisotopic (exact) mass is 266 g/mol. The minimum Gasteiger partial charge on any atom is -0.464 e. The lowest BCUT2D eigenvalue weighted by atomic mass is 10.2. The number of aromatic nitrogens is 2. The number of anilines is 1. The quantitative estimate of drug-likeness (QED) is 0.726. The molecule has 0 aliphatic carbocycles. The SMILES string of the molecule is COC(=O)c1cncc(NCC(=O)NCC(C)C)n1. The Balaban J connectivity index is 2.49. The number of nitrogens with zero attached hydrogens (tertiary/aromatic N) is 2. The molecule has 1 aromatic heterocycles. The Hall–Kier alpha value is -2.18. The van der Waals surface area contributed by atoms with Crippen LogP contribution in [-0.2, 0) is 9.53 Å². The van der Waals surface area contributed by atoms with Gasteiger partial charge in [-0.25, -0.2) is 9.78 Å². The highest BCUT2D eigenvalue weighted by Gasteiger charge is 2.09. The largest absolute Gasteiger partial charge is 0.464 e. The molecule has 1 heterocycles. The summed E-state index contributed by atoms with van der Waals surface area (Å²) in [6.07, 6.45) is 2.73. The molecule has 1 amide bonds. The van der Waals surface area contributed by atoms with E-state index < -0.39 is 5.97 Å². The number of carbonyl (C=O) groups excluding carboxylic acids is 2. The molecule has 0 spiro atoms. The molecule has 7 nitrogen and oxygen atoms in total. The van der Waals surface area contributed by atoms with Crippen LogP contribution >= 0.6 is 0 Å². The lowest BCUT2D eigenvalue weighted by Gasteiger charge is -2.09. The number of methoxy groups -OCH3 is 1. The Morgan fingerprint density at radius 2 is 2.11 bits per heavy atom. The molecule has 0 atom stereocenters. The standard InChI is InChI=1S/C12H18N4O3/c1-8(2)4-15-11(17)7-14-10-6-13-5-9(16-10)12(18)19-3/h5-6,8H,4,7H2,1-3H3,(H,14,16)(H,15,17). The lowest BCUT2D eigenvalue weighted by molar-refractivity contribution is -0.119. The van der Waals surface area contributed by atoms with E-state index in [1.54, 1.807) is 0 Å². The maximum absolute atomic E-state index is 11.5. The van der Waals surface area contributed by atoms with E-state index in [9.17, 15) is 9.59 Å². The van der Waals surface area contributed by atoms with E-state index in [1.165, 1.54) is 19.5 Å². The first-order valence-electron chi connectivity index (χ1n) is 5.94. The van der Waals surface area contributed by atoms with Crippen molar-refractivity contribution in [2.75, 3.05) is 25.5 Å². The van der Waals surface area contributed by atoms with Crippen LogP contribution in [0.5, 0.6) is 0 Å². The van der Waals surface area contributed by atoms with Gasteiger partial charge in [-0.2, -0.15) is 0 Å². The van der Waals surface area contributed by atoms with Crippen LogP contribution in [0.2, 0.25) is 0 Å². The molecule has 7 heteroatoms. The molecule has 0 aliphatic heterocycles. The molecule has 2 N–H and O–H groups in total. The number of hydrogen-bond acceptors (Lipinski definition) is 6. The van der Waals surface area contributed by atoms with Crippen LogP contribution in [0, 0.1) is 5.92 Å². The molecule has 0 bridgehead atoms. The first kappa shape index (κ1) is 14.9. The first-order valence-corrected chi connectivity index (χ1v) is 5.94. The van der Waals surface area contributed by atoms with Gasteiger partial charge in [0.05, 0.1) is 26.0 Å². The predicted molar refractivity (Wildman–Crippen MR) is 69.7 cm³/mol. The third kappa shape index (κ3) is 5.33. The molecule has 0 aromatic carbocycles. The average Bonchev–Trinajstić information content (AvgIpc) is 2.42. The van der Waals surface area contributed by atoms with Gasteiger partial charge in [-0.1, -0.05) is 13.8 Å². The molecule has 0 saturated carbocycles. The van der Waals surface area contributed by atoms with Crippen molar-refractivity contribution in [3.63, 3.8) is 0 Å². The molecule has 19 heavy (non-hydrogen) atoms. The van der Waals surface area contributed by atoms with Gasteiger partial charge in [0.2, 0.25) is 5.91 Å². The van der Waals surface area contributed by atoms with Gasteiger partial charge in [-0.15, -0.1) is 0 Å². The Morgan fingerprint density at radius 3 is 2.74 bits per heavy atom. The van der Waals surface area contributed by atoms with E-state index >= 15 is 0 Å². The number of carbonyl (C=O) groups is 2. The van der Waals surface area contributed by atoms with Gasteiger partial charge in [-0.3, -0.25) is 9.78 Å². The number of esters is 1. The van der Waals surface area contributed by atoms with Crippen LogP contribution in [0.25, 0.3) is 0 Å². The summed E-state index contributed by atoms with van der Waals surface area (Å²) in [5, 5.41) is 5.55. The fourth-order valence-corrected chi connectivity index (χ4v) is 1.21. The summed E-state index contributed by atoms with van der Waals surface area (Å²) in [5.74, 6) is 0.0355. The van der Waals surface area contributed by atoms with Crippen LogP contribution in [0.4, 0.5) is 5.82 Å². The summed E-state index contributed by atoms with van der Waals surface area (Å²) in [5.41, 5.74) is 0.0927. The van der Waals surface area contributed by atoms with E-state index in [-0.39, 0.29) is 18.1 Å². The van der Waals surface area contributed by atoms with E-state index in [4.69, 9.17) is 0 Å². The summed E-state index contributed by atoms with van der Waals surface area (Å²) in [4.78, 5) is 30.6. The van der Waals surface area contributed by atoms with Gasteiger partial charge in [0.1, 0.15) is 5.82 Å². The van der Waals surface area contributed by atoms with Gasteiger partial charge in [0.25, 0.3) is 0 Å². The summed E-state index contributed by atoms with van der Waals surface area (Å²) in [7, 11) is 1.27. The Morgan fingerprint density at radius 1 is 1.37 bits per heavy atom. The Bertz CT molecular complexity index is 448. The summed E-state index contributed by atoms with van der Waals surface area (Å²) in [6, 6.07) is 0. The van der Waals surface area contributed by atoms with Gasteiger partial charge in [0, 0.05) is 6.54 Å². The lowest BCUT2D eigenvalue weighted by Crippen LogP contribution is -2.32. The molecular weight excluding hydrogens is 248 g/mol. The highest BCUT2D eigenvalue weighted by atomic mass is 16.5. The minimum atomic E-state index is -0.569. The van der Waals surface area contributed by atoms with Crippen LogP contribution in [0.3, 0.4) is 0 Å². The van der Waals surface area contributed by atoms with Crippen molar-refractivity contribution in [3.05, 3.63) is 18.1 Å². The van der Waals surface area contributed by atoms with E-state index in [0.717, 1.165) is 0 Å². The van der Waals surface area contributed by atoms with Crippen LogP contribution in [0.1, 0.15) is 24.3 Å². The van der Waals surface area contributed by atoms with Gasteiger partial charge < -0.3 is 15.4 Å². The normalized spacial score (nSPS) is 10.1. The second-order valence-electron chi connectivity index (χ2n) is 4.33. The van der Waals surface area contributed by atoms with Crippen LogP contribution in [0.15, 0.2) is 12.4 Å². The zero-order chi connectivity index (χ0) is 14.3. The maximum Gasteiger partial charge on any atom is 0.358 e. The van der Waals surface area contributed by atoms with Crippen molar-refractivity contribution in [3.8, 4) is 0 Å². The van der Waals surface area contributed by atoms with Crippen molar-refractivity contribution in [2.45, 2.75) is 13.8 Å². The van der Waals surface area contributed by atoms with Crippen molar-refractivity contribution in [1.82, 2.24) is 15.3 Å². The molecule has 0 saturated heterocycles. The van der Waals surface area contributed by atoms with Gasteiger partial charge in [-0.05, 0) is 5.92 Å². The van der Waals surface area contributed by atoms with E-state index in [2.05, 4.69) is 25.3 Å². The molecule has 0 aliphatic rings. The van der Waals surface area contributed by atoms with Crippen molar-refractivity contribution in [2.24, 2.45) is 5.92 Å². The van der Waals surface area contributed by atoms with Gasteiger partial charge >= 0.3 is 5.97 Å². The fourth-order valence-electron chi connectivity index (χ4n) is 1.21. The molecular formula is C12H18N4O3. The third-order valence-electron chi connectivity index (χ3n) is 2.17. The topological polar surface area (TPSA) is 93.2 Å². The zero-order valence-electron chi connectivity index (χ0n) is 11.3. The van der Waals surface area contributed by atoms with Crippen molar-refractivity contribution >= 4 is 17.7 Å². The average molecular weight is 266 g/mol. The van der Waals surface area contributed by atoms with Crippen LogP contribution < -0.4 is 10.6 Å². The van der Waals surface area contributed by atoms with Crippen LogP contribution in [-0.4, -0.2) is 42.0 Å². The highest BCUT2D eigenvalue weighted by Crippen LogP contribution is 2.02. The molecule has 104 valence electrons. The Labute approximate surface area is 111 Å². The number of amides is 1. The minimum absolute atomic E-state index is 0.0754. The molecule has 0 radical (unpaired) electrons. The second kappa shape index (κ2) is 7.30. The molecule has 0 fully saturated rings.